The first-order valence-electron chi connectivity index (χ1n) is 3.77. The van der Waals surface area contributed by atoms with Crippen LogP contribution in [0, 0.1) is 11.3 Å². The predicted octanol–water partition coefficient (Wildman–Crippen LogP) is 2.69. The molecule has 0 bridgehead atoms. The van der Waals surface area contributed by atoms with Gasteiger partial charge in [0.25, 0.3) is 0 Å². The lowest BCUT2D eigenvalue weighted by Crippen LogP contribution is -2.02. The van der Waals surface area contributed by atoms with Crippen LogP contribution in [0.25, 0.3) is 0 Å². The molecule has 0 N–H and O–H groups in total. The molecule has 1 heterocycles. The highest BCUT2D eigenvalue weighted by molar-refractivity contribution is 7.08. The van der Waals surface area contributed by atoms with Crippen LogP contribution in [0.2, 0.25) is 0 Å². The van der Waals surface area contributed by atoms with Crippen LogP contribution < -0.4 is 0 Å². The fraction of sp³-hybridized carbons (Fsp3) is 0.444. The summed E-state index contributed by atoms with van der Waals surface area (Å²) in [5.74, 6) is 0. The van der Waals surface area contributed by atoms with E-state index in [0.29, 0.717) is 6.42 Å². The predicted molar refractivity (Wildman–Crippen MR) is 45.5 cm³/mol. The van der Waals surface area contributed by atoms with Crippen LogP contribution in [-0.4, -0.2) is 0 Å². The Bertz CT molecular complexity index is 277. The molecule has 1 aliphatic rings. The van der Waals surface area contributed by atoms with E-state index in [2.05, 4.69) is 22.9 Å². The molecule has 56 valence electrons. The zero-order valence-corrected chi connectivity index (χ0v) is 7.03. The fourth-order valence-corrected chi connectivity index (χ4v) is 2.21. The van der Waals surface area contributed by atoms with Crippen molar-refractivity contribution in [3.05, 3.63) is 22.4 Å². The Labute approximate surface area is 70.3 Å². The molecule has 0 aliphatic heterocycles. The second-order valence-electron chi connectivity index (χ2n) is 3.13. The van der Waals surface area contributed by atoms with Gasteiger partial charge in [-0.3, -0.25) is 0 Å². The van der Waals surface area contributed by atoms with Gasteiger partial charge in [-0.05, 0) is 35.2 Å². The highest BCUT2D eigenvalue weighted by atomic mass is 32.1. The zero-order chi connectivity index (χ0) is 7.73. The molecule has 0 atom stereocenters. The van der Waals surface area contributed by atoms with Gasteiger partial charge >= 0.3 is 0 Å². The molecule has 0 radical (unpaired) electrons. The van der Waals surface area contributed by atoms with E-state index in [4.69, 9.17) is 5.26 Å². The zero-order valence-electron chi connectivity index (χ0n) is 6.21. The smallest absolute Gasteiger partial charge is 0.0631 e. The fourth-order valence-electron chi connectivity index (χ4n) is 1.44. The summed E-state index contributed by atoms with van der Waals surface area (Å²) in [7, 11) is 0. The van der Waals surface area contributed by atoms with E-state index < -0.39 is 0 Å². The normalized spacial score (nSPS) is 19.2. The molecule has 1 nitrogen and oxygen atoms in total. The van der Waals surface area contributed by atoms with Crippen molar-refractivity contribution in [1.29, 1.82) is 5.26 Å². The number of hydrogen-bond acceptors (Lipinski definition) is 2. The average molecular weight is 163 g/mol. The second-order valence-corrected chi connectivity index (χ2v) is 3.91. The van der Waals surface area contributed by atoms with E-state index in [1.54, 1.807) is 11.3 Å². The van der Waals surface area contributed by atoms with Crippen LogP contribution in [0.5, 0.6) is 0 Å². The maximum absolute atomic E-state index is 8.59. The van der Waals surface area contributed by atoms with E-state index >= 15 is 0 Å². The lowest BCUT2D eigenvalue weighted by atomic mass is 9.96. The Morgan fingerprint density at radius 1 is 1.64 bits per heavy atom. The molecule has 2 rings (SSSR count). The first-order valence-corrected chi connectivity index (χ1v) is 4.71. The van der Waals surface area contributed by atoms with Gasteiger partial charge in [0, 0.05) is 11.8 Å². The number of rotatable bonds is 2. The molecule has 1 aliphatic carbocycles. The van der Waals surface area contributed by atoms with E-state index in [0.717, 1.165) is 0 Å². The van der Waals surface area contributed by atoms with Gasteiger partial charge in [-0.1, -0.05) is 0 Å². The monoisotopic (exact) mass is 163 g/mol. The maximum Gasteiger partial charge on any atom is 0.0631 e. The minimum Gasteiger partial charge on any atom is -0.198 e. The van der Waals surface area contributed by atoms with Gasteiger partial charge in [0.2, 0.25) is 0 Å². The average Bonchev–Trinajstić information content (AvgIpc) is 2.63. The van der Waals surface area contributed by atoms with Gasteiger partial charge in [-0.2, -0.15) is 16.6 Å². The molecule has 0 spiro atoms. The summed E-state index contributed by atoms with van der Waals surface area (Å²) in [6.07, 6.45) is 3.11. The van der Waals surface area contributed by atoms with E-state index in [9.17, 15) is 0 Å². The molecule has 11 heavy (non-hydrogen) atoms. The van der Waals surface area contributed by atoms with Crippen LogP contribution in [0.15, 0.2) is 16.8 Å². The Morgan fingerprint density at radius 2 is 2.45 bits per heavy atom. The summed E-state index contributed by atoms with van der Waals surface area (Å²) < 4.78 is 0. The van der Waals surface area contributed by atoms with Gasteiger partial charge in [-0.15, -0.1) is 0 Å². The third kappa shape index (κ3) is 1.06. The van der Waals surface area contributed by atoms with Crippen molar-refractivity contribution in [1.82, 2.24) is 0 Å². The molecule has 0 saturated heterocycles. The molecule has 1 aromatic rings. The van der Waals surface area contributed by atoms with Gasteiger partial charge in [0.1, 0.15) is 0 Å². The van der Waals surface area contributed by atoms with Crippen molar-refractivity contribution in [3.8, 4) is 6.07 Å². The van der Waals surface area contributed by atoms with Gasteiger partial charge in [0.05, 0.1) is 6.07 Å². The number of nitriles is 1. The largest absolute Gasteiger partial charge is 0.198 e. The van der Waals surface area contributed by atoms with Crippen LogP contribution >= 0.6 is 11.3 Å². The summed E-state index contributed by atoms with van der Waals surface area (Å²) in [4.78, 5) is 0. The first kappa shape index (κ1) is 6.87. The van der Waals surface area contributed by atoms with E-state index in [1.807, 2.05) is 0 Å². The van der Waals surface area contributed by atoms with Gasteiger partial charge in [0.15, 0.2) is 0 Å². The standard InChI is InChI=1S/C9H9NS/c10-5-4-9(2-3-9)8-1-6-11-7-8/h1,6-7H,2-4H2. The first-order chi connectivity index (χ1) is 5.37. The molecule has 0 aromatic carbocycles. The van der Waals surface area contributed by atoms with Crippen molar-refractivity contribution < 1.29 is 0 Å². The lowest BCUT2D eigenvalue weighted by molar-refractivity contribution is 0.718. The second kappa shape index (κ2) is 2.35. The van der Waals surface area contributed by atoms with Crippen molar-refractivity contribution in [2.75, 3.05) is 0 Å². The number of nitrogens with zero attached hydrogens (tertiary/aromatic N) is 1. The van der Waals surface area contributed by atoms with Crippen LogP contribution in [0.3, 0.4) is 0 Å². The van der Waals surface area contributed by atoms with Crippen LogP contribution in [0.4, 0.5) is 0 Å². The third-order valence-corrected chi connectivity index (χ3v) is 3.09. The number of thiophene rings is 1. The Hall–Kier alpha value is -0.810. The van der Waals surface area contributed by atoms with Gasteiger partial charge in [-0.25, -0.2) is 0 Å². The third-order valence-electron chi connectivity index (χ3n) is 2.40. The van der Waals surface area contributed by atoms with Crippen molar-refractivity contribution >= 4 is 11.3 Å². The summed E-state index contributed by atoms with van der Waals surface area (Å²) in [5.41, 5.74) is 1.65. The summed E-state index contributed by atoms with van der Waals surface area (Å²) >= 11 is 1.72. The SMILES string of the molecule is N#CCC1(c2ccsc2)CC1. The highest BCUT2D eigenvalue weighted by Gasteiger charge is 2.44. The van der Waals surface area contributed by atoms with Crippen LogP contribution in [-0.2, 0) is 5.41 Å². The van der Waals surface area contributed by atoms with E-state index in [1.165, 1.54) is 18.4 Å². The molecular formula is C9H9NS. The minimum absolute atomic E-state index is 0.273. The maximum atomic E-state index is 8.59. The van der Waals surface area contributed by atoms with Crippen molar-refractivity contribution in [2.45, 2.75) is 24.7 Å². The number of hydrogen-bond donors (Lipinski definition) is 0. The topological polar surface area (TPSA) is 23.8 Å². The Kier molecular flexibility index (Phi) is 1.47. The van der Waals surface area contributed by atoms with Crippen molar-refractivity contribution in [2.24, 2.45) is 0 Å². The van der Waals surface area contributed by atoms with E-state index in [-0.39, 0.29) is 5.41 Å². The Morgan fingerprint density at radius 3 is 2.91 bits per heavy atom. The van der Waals surface area contributed by atoms with Crippen LogP contribution in [0.1, 0.15) is 24.8 Å². The molecule has 2 heteroatoms. The van der Waals surface area contributed by atoms with Crippen molar-refractivity contribution in [3.63, 3.8) is 0 Å². The molecule has 1 saturated carbocycles. The molecule has 0 unspecified atom stereocenters. The highest BCUT2D eigenvalue weighted by Crippen LogP contribution is 2.51. The van der Waals surface area contributed by atoms with Gasteiger partial charge < -0.3 is 0 Å². The molecular weight excluding hydrogens is 154 g/mol. The minimum atomic E-state index is 0.273. The summed E-state index contributed by atoms with van der Waals surface area (Å²) in [5, 5.41) is 12.9. The molecule has 1 aromatic heterocycles. The lowest BCUT2D eigenvalue weighted by Gasteiger charge is -2.06. The molecule has 0 amide bonds. The summed E-state index contributed by atoms with van der Waals surface area (Å²) in [6.45, 7) is 0. The summed E-state index contributed by atoms with van der Waals surface area (Å²) in [6, 6.07) is 4.41. The molecule has 1 fully saturated rings. The quantitative estimate of drug-likeness (QED) is 0.657. The Balaban J connectivity index is 2.23.